The van der Waals surface area contributed by atoms with Gasteiger partial charge < -0.3 is 74.1 Å². The summed E-state index contributed by atoms with van der Waals surface area (Å²) in [6.07, 6.45) is 8.84. The van der Waals surface area contributed by atoms with E-state index >= 15 is 9.59 Å². The number of carboxylic acid groups (broad SMARTS) is 1. The predicted molar refractivity (Wildman–Crippen MR) is 330 cm³/mol. The minimum atomic E-state index is -1.43. The average Bonchev–Trinajstić information content (AvgIpc) is 2.95. The maximum atomic E-state index is 15.2. The quantitative estimate of drug-likeness (QED) is 0.0256. The second-order valence-electron chi connectivity index (χ2n) is 21.1. The van der Waals surface area contributed by atoms with Crippen molar-refractivity contribution in [3.8, 4) is 0 Å². The van der Waals surface area contributed by atoms with Gasteiger partial charge in [0.05, 0.1) is 12.9 Å². The lowest BCUT2D eigenvalue weighted by molar-refractivity contribution is -0.142. The van der Waals surface area contributed by atoms with Gasteiger partial charge in [-0.2, -0.15) is 11.8 Å². The van der Waals surface area contributed by atoms with Gasteiger partial charge in [-0.05, 0) is 85.5 Å². The fraction of sp³-hybridized carbons (Fsp3) is 0.355. The van der Waals surface area contributed by atoms with Gasteiger partial charge in [-0.25, -0.2) is 9.78 Å². The molecule has 16 N–H and O–H groups in total. The van der Waals surface area contributed by atoms with Gasteiger partial charge in [0, 0.05) is 78.2 Å². The van der Waals surface area contributed by atoms with Crippen LogP contribution in [0.5, 0.6) is 0 Å². The van der Waals surface area contributed by atoms with E-state index in [0.29, 0.717) is 53.1 Å². The second-order valence-corrected chi connectivity index (χ2v) is 22.1. The number of carbonyl (C=O) groups excluding carboxylic acids is 8. The summed E-state index contributed by atoms with van der Waals surface area (Å²) in [5, 5.41) is 33.6. The zero-order valence-electron chi connectivity index (χ0n) is 48.4. The molecule has 87 heavy (non-hydrogen) atoms. The summed E-state index contributed by atoms with van der Waals surface area (Å²) in [4.78, 5) is 140. The zero-order valence-corrected chi connectivity index (χ0v) is 49.3. The van der Waals surface area contributed by atoms with Gasteiger partial charge in [0.25, 0.3) is 0 Å². The minimum Gasteiger partial charge on any atom is -0.480 e. The SMILES string of the molecule is CSCC[C@H](NC(=O)CN)C(=O)N[C@@H](C)C(=O)N[C@@H](Cc1cnc[nH]1)C(=O)N[C@H](Cc1c[nH]c2ccccc12)C(=O)N[C@@H](Cc1ccccc1)C(=O)N[C@@H](Cc1c[nH]c2ccccc12)C(=O)N[C@H](Cc1ccccc1)C(=O)N[C@@H](CCCCN)C(=O)O. The first-order valence-corrected chi connectivity index (χ1v) is 30.1. The lowest BCUT2D eigenvalue weighted by atomic mass is 9.99. The van der Waals surface area contributed by atoms with Crippen molar-refractivity contribution in [1.82, 2.24) is 62.5 Å². The van der Waals surface area contributed by atoms with Gasteiger partial charge >= 0.3 is 5.97 Å². The molecule has 4 aromatic carbocycles. The number of unbranched alkanes of at least 4 members (excludes halogenated alkanes) is 1. The normalized spacial score (nSPS) is 14.0. The van der Waals surface area contributed by atoms with E-state index in [0.717, 1.165) is 21.8 Å². The molecule has 24 nitrogen and oxygen atoms in total. The van der Waals surface area contributed by atoms with Crippen molar-refractivity contribution in [2.45, 2.75) is 113 Å². The van der Waals surface area contributed by atoms with Gasteiger partial charge in [-0.3, -0.25) is 38.4 Å². The third kappa shape index (κ3) is 19.3. The summed E-state index contributed by atoms with van der Waals surface area (Å²) in [7, 11) is 0. The molecule has 0 aliphatic rings. The molecule has 0 fully saturated rings. The molecule has 460 valence electrons. The standard InChI is InChI=1S/C62H76N14O10S/c1-37(69-56(79)47(24-26-87-2)70-54(77)32-64)55(78)72-53(31-42-35-65-36-68-42)61(84)76-52(30-41-34-67-46-22-12-10-20-44(41)46)60(83)74-50(28-39-17-7-4-8-18-39)58(81)75-51(29-40-33-66-45-21-11-9-19-43(40)45)59(82)73-49(27-38-15-5-3-6-16-38)57(80)71-48(62(85)86)23-13-14-25-63/h3-12,15-22,33-37,47-53,66-67H,13-14,23-32,63-64H2,1-2H3,(H,65,68)(H,69,79)(H,70,77)(H,71,80)(H,72,78)(H,73,82)(H,74,83)(H,75,81)(H,76,84)(H,85,86)/t37-,47-,48-,49+,50-,51-,52+,53-/m0/s1. The Bertz CT molecular complexity index is 3430. The van der Waals surface area contributed by atoms with E-state index in [9.17, 15) is 38.7 Å². The number of nitrogens with zero attached hydrogens (tertiary/aromatic N) is 1. The van der Waals surface area contributed by atoms with Crippen LogP contribution >= 0.6 is 11.8 Å². The molecule has 0 aliphatic heterocycles. The Balaban J connectivity index is 1.19. The van der Waals surface area contributed by atoms with Crippen molar-refractivity contribution in [2.24, 2.45) is 11.5 Å². The largest absolute Gasteiger partial charge is 0.480 e. The third-order valence-electron chi connectivity index (χ3n) is 14.7. The van der Waals surface area contributed by atoms with Crippen molar-refractivity contribution in [2.75, 3.05) is 25.1 Å². The van der Waals surface area contributed by atoms with Gasteiger partial charge in [0.2, 0.25) is 47.3 Å². The number of hydrogen-bond acceptors (Lipinski definition) is 13. The highest BCUT2D eigenvalue weighted by molar-refractivity contribution is 7.98. The highest BCUT2D eigenvalue weighted by Gasteiger charge is 2.36. The monoisotopic (exact) mass is 1210 g/mol. The summed E-state index contributed by atoms with van der Waals surface area (Å²) in [5.74, 6) is -6.72. The summed E-state index contributed by atoms with van der Waals surface area (Å²) in [5.41, 5.74) is 15.6. The number of nitrogens with one attached hydrogen (secondary N) is 11. The second kappa shape index (κ2) is 32.8. The number of para-hydroxylation sites is 2. The molecule has 8 atom stereocenters. The van der Waals surface area contributed by atoms with Gasteiger partial charge in [0.15, 0.2) is 0 Å². The van der Waals surface area contributed by atoms with Gasteiger partial charge in [-0.1, -0.05) is 97.1 Å². The number of aliphatic carboxylic acids is 1. The van der Waals surface area contributed by atoms with E-state index < -0.39 is 102 Å². The lowest BCUT2D eigenvalue weighted by Gasteiger charge is -2.28. The Morgan fingerprint density at radius 2 is 0.931 bits per heavy atom. The molecule has 0 saturated heterocycles. The van der Waals surface area contributed by atoms with Crippen molar-refractivity contribution < 1.29 is 48.3 Å². The van der Waals surface area contributed by atoms with Crippen LogP contribution in [0.15, 0.2) is 134 Å². The van der Waals surface area contributed by atoms with E-state index in [1.54, 1.807) is 73.1 Å². The average molecular weight is 1210 g/mol. The Labute approximate surface area is 507 Å². The fourth-order valence-electron chi connectivity index (χ4n) is 9.95. The topological polar surface area (TPSA) is 382 Å². The van der Waals surface area contributed by atoms with E-state index in [1.807, 2.05) is 54.8 Å². The Morgan fingerprint density at radius 3 is 1.38 bits per heavy atom. The number of imidazole rings is 1. The number of carbonyl (C=O) groups is 9. The van der Waals surface area contributed by atoms with Crippen molar-refractivity contribution in [3.05, 3.63) is 162 Å². The van der Waals surface area contributed by atoms with Crippen LogP contribution in [0.1, 0.15) is 60.6 Å². The Hall–Kier alpha value is -9.33. The Morgan fingerprint density at radius 1 is 0.494 bits per heavy atom. The summed E-state index contributed by atoms with van der Waals surface area (Å²) in [6.45, 7) is 1.39. The predicted octanol–water partition coefficient (Wildman–Crippen LogP) is 1.71. The molecule has 0 spiro atoms. The number of hydrogen-bond donors (Lipinski definition) is 14. The van der Waals surface area contributed by atoms with E-state index in [-0.39, 0.29) is 51.5 Å². The number of rotatable bonds is 34. The van der Waals surface area contributed by atoms with Crippen molar-refractivity contribution in [3.63, 3.8) is 0 Å². The van der Waals surface area contributed by atoms with Crippen LogP contribution < -0.4 is 54.0 Å². The van der Waals surface area contributed by atoms with Crippen LogP contribution in [0.25, 0.3) is 21.8 Å². The number of fused-ring (bicyclic) bond motifs is 2. The first-order valence-electron chi connectivity index (χ1n) is 28.7. The van der Waals surface area contributed by atoms with Crippen LogP contribution in [0.4, 0.5) is 0 Å². The highest BCUT2D eigenvalue weighted by Crippen LogP contribution is 2.22. The molecular weight excluding hydrogens is 1130 g/mol. The molecule has 0 aliphatic carbocycles. The number of carboxylic acids is 1. The maximum absolute atomic E-state index is 15.2. The number of H-pyrrole nitrogens is 3. The molecule has 7 aromatic rings. The van der Waals surface area contributed by atoms with Crippen molar-refractivity contribution in [1.29, 1.82) is 0 Å². The number of benzene rings is 4. The zero-order chi connectivity index (χ0) is 62.2. The van der Waals surface area contributed by atoms with E-state index in [2.05, 4.69) is 62.5 Å². The molecule has 7 rings (SSSR count). The summed E-state index contributed by atoms with van der Waals surface area (Å²) < 4.78 is 0. The molecule has 0 saturated carbocycles. The summed E-state index contributed by atoms with van der Waals surface area (Å²) in [6, 6.07) is 21.9. The third-order valence-corrected chi connectivity index (χ3v) is 15.3. The van der Waals surface area contributed by atoms with E-state index in [1.165, 1.54) is 31.2 Å². The van der Waals surface area contributed by atoms with Crippen LogP contribution in [0.2, 0.25) is 0 Å². The Kier molecular flexibility index (Phi) is 24.6. The summed E-state index contributed by atoms with van der Waals surface area (Å²) >= 11 is 1.46. The lowest BCUT2D eigenvalue weighted by Crippen LogP contribution is -2.61. The van der Waals surface area contributed by atoms with Crippen LogP contribution in [-0.2, 0) is 75.3 Å². The van der Waals surface area contributed by atoms with Crippen LogP contribution in [0.3, 0.4) is 0 Å². The maximum Gasteiger partial charge on any atom is 0.326 e. The number of aromatic amines is 3. The first kappa shape index (κ1) is 65.2. The molecule has 0 bridgehead atoms. The number of thioether (sulfide) groups is 1. The molecule has 3 heterocycles. The number of nitrogens with two attached hydrogens (primary N) is 2. The molecular formula is C62H76N14O10S. The number of amides is 8. The van der Waals surface area contributed by atoms with Gasteiger partial charge in [0.1, 0.15) is 48.3 Å². The molecule has 8 amide bonds. The molecule has 25 heteroatoms. The van der Waals surface area contributed by atoms with E-state index in [4.69, 9.17) is 11.5 Å². The smallest absolute Gasteiger partial charge is 0.326 e. The highest BCUT2D eigenvalue weighted by atomic mass is 32.2. The molecule has 3 aromatic heterocycles. The molecule has 0 radical (unpaired) electrons. The minimum absolute atomic E-state index is 0.0467. The van der Waals surface area contributed by atoms with Crippen LogP contribution in [-0.4, -0.2) is 152 Å². The van der Waals surface area contributed by atoms with Crippen LogP contribution in [0, 0.1) is 0 Å². The molecule has 0 unspecified atom stereocenters. The van der Waals surface area contributed by atoms with Gasteiger partial charge in [-0.15, -0.1) is 0 Å². The first-order chi connectivity index (χ1) is 42.0. The van der Waals surface area contributed by atoms with Crippen molar-refractivity contribution >= 4 is 86.8 Å². The fourth-order valence-corrected chi connectivity index (χ4v) is 10.4. The number of aromatic nitrogens is 4.